The van der Waals surface area contributed by atoms with Gasteiger partial charge in [0.05, 0.1) is 0 Å². The van der Waals surface area contributed by atoms with Crippen LogP contribution in [0.4, 0.5) is 8.78 Å². The van der Waals surface area contributed by atoms with Crippen molar-refractivity contribution in [2.24, 2.45) is 11.7 Å². The van der Waals surface area contributed by atoms with Crippen molar-refractivity contribution < 1.29 is 8.78 Å². The van der Waals surface area contributed by atoms with Gasteiger partial charge in [-0.2, -0.15) is 0 Å². The van der Waals surface area contributed by atoms with Crippen LogP contribution in [0.3, 0.4) is 0 Å². The second-order valence-electron chi connectivity index (χ2n) is 5.54. The molecule has 5 heteroatoms. The quantitative estimate of drug-likeness (QED) is 0.921. The molecule has 1 saturated heterocycles. The Balaban J connectivity index is 0.00000200. The van der Waals surface area contributed by atoms with Crippen molar-refractivity contribution in [2.45, 2.75) is 38.8 Å². The molecule has 0 spiro atoms. The molecule has 0 radical (unpaired) electrons. The third-order valence-corrected chi connectivity index (χ3v) is 3.96. The fourth-order valence-electron chi connectivity index (χ4n) is 2.82. The Labute approximate surface area is 125 Å². The topological polar surface area (TPSA) is 29.3 Å². The lowest BCUT2D eigenvalue weighted by atomic mass is 9.92. The second-order valence-corrected chi connectivity index (χ2v) is 5.54. The molecular formula is C15H23ClF2N2. The molecule has 0 aliphatic carbocycles. The van der Waals surface area contributed by atoms with Gasteiger partial charge in [-0.05, 0) is 36.9 Å². The zero-order valence-electron chi connectivity index (χ0n) is 11.8. The van der Waals surface area contributed by atoms with E-state index in [9.17, 15) is 8.78 Å². The number of hydrogen-bond acceptors (Lipinski definition) is 2. The van der Waals surface area contributed by atoms with E-state index >= 15 is 0 Å². The van der Waals surface area contributed by atoms with E-state index in [0.29, 0.717) is 18.5 Å². The number of benzene rings is 1. The fraction of sp³-hybridized carbons (Fsp3) is 0.600. The monoisotopic (exact) mass is 304 g/mol. The van der Waals surface area contributed by atoms with Gasteiger partial charge < -0.3 is 5.73 Å². The molecule has 2 N–H and O–H groups in total. The van der Waals surface area contributed by atoms with E-state index in [-0.39, 0.29) is 18.0 Å². The summed E-state index contributed by atoms with van der Waals surface area (Å²) in [5.41, 5.74) is 6.88. The summed E-state index contributed by atoms with van der Waals surface area (Å²) < 4.78 is 25.4. The van der Waals surface area contributed by atoms with E-state index in [4.69, 9.17) is 5.73 Å². The third-order valence-electron chi connectivity index (χ3n) is 3.96. The van der Waals surface area contributed by atoms with Gasteiger partial charge >= 0.3 is 0 Å². The Morgan fingerprint density at radius 2 is 2.15 bits per heavy atom. The van der Waals surface area contributed by atoms with Crippen LogP contribution in [0.1, 0.15) is 37.3 Å². The molecule has 2 unspecified atom stereocenters. The molecule has 1 aromatic rings. The zero-order valence-corrected chi connectivity index (χ0v) is 12.6. The number of alkyl halides is 2. The van der Waals surface area contributed by atoms with Gasteiger partial charge in [-0.25, -0.2) is 8.78 Å². The van der Waals surface area contributed by atoms with Crippen LogP contribution in [0.2, 0.25) is 0 Å². The summed E-state index contributed by atoms with van der Waals surface area (Å²) in [6.45, 7) is 4.60. The van der Waals surface area contributed by atoms with E-state index in [2.05, 4.69) is 11.8 Å². The number of likely N-dealkylation sites (tertiary alicyclic amines) is 1. The molecular weight excluding hydrogens is 282 g/mol. The highest BCUT2D eigenvalue weighted by Crippen LogP contribution is 2.25. The van der Waals surface area contributed by atoms with Crippen LogP contribution in [0.25, 0.3) is 0 Å². The van der Waals surface area contributed by atoms with E-state index in [1.165, 1.54) is 6.07 Å². The Morgan fingerprint density at radius 3 is 2.80 bits per heavy atom. The largest absolute Gasteiger partial charge is 0.329 e. The van der Waals surface area contributed by atoms with Crippen molar-refractivity contribution in [2.75, 3.05) is 13.1 Å². The van der Waals surface area contributed by atoms with Gasteiger partial charge in [-0.15, -0.1) is 12.4 Å². The van der Waals surface area contributed by atoms with Gasteiger partial charge in [-0.3, -0.25) is 4.90 Å². The fourth-order valence-corrected chi connectivity index (χ4v) is 2.82. The van der Waals surface area contributed by atoms with Crippen molar-refractivity contribution in [1.29, 1.82) is 0 Å². The lowest BCUT2D eigenvalue weighted by Crippen LogP contribution is -2.45. The van der Waals surface area contributed by atoms with Crippen LogP contribution in [0.5, 0.6) is 0 Å². The lowest BCUT2D eigenvalue weighted by Gasteiger charge is -2.38. The maximum absolute atomic E-state index is 12.7. The predicted molar refractivity (Wildman–Crippen MR) is 80.3 cm³/mol. The number of halogens is 3. The predicted octanol–water partition coefficient (Wildman–Crippen LogP) is 3.61. The average molecular weight is 305 g/mol. The summed E-state index contributed by atoms with van der Waals surface area (Å²) in [5, 5.41) is 0. The molecule has 1 fully saturated rings. The first kappa shape index (κ1) is 17.3. The van der Waals surface area contributed by atoms with E-state index < -0.39 is 6.43 Å². The summed E-state index contributed by atoms with van der Waals surface area (Å²) in [4.78, 5) is 2.32. The van der Waals surface area contributed by atoms with Gasteiger partial charge in [0.1, 0.15) is 0 Å². The van der Waals surface area contributed by atoms with Crippen molar-refractivity contribution in [3.05, 3.63) is 35.4 Å². The molecule has 2 atom stereocenters. The highest BCUT2D eigenvalue weighted by molar-refractivity contribution is 5.85. The van der Waals surface area contributed by atoms with Crippen molar-refractivity contribution in [3.63, 3.8) is 0 Å². The van der Waals surface area contributed by atoms with Crippen molar-refractivity contribution >= 4 is 12.4 Å². The first-order chi connectivity index (χ1) is 9.10. The molecule has 0 saturated carbocycles. The van der Waals surface area contributed by atoms with Crippen LogP contribution in [-0.2, 0) is 6.54 Å². The van der Waals surface area contributed by atoms with Gasteiger partial charge in [-0.1, -0.05) is 25.1 Å². The Kier molecular flexibility index (Phi) is 6.86. The molecule has 1 aliphatic heterocycles. The molecule has 114 valence electrons. The minimum Gasteiger partial charge on any atom is -0.329 e. The zero-order chi connectivity index (χ0) is 13.8. The van der Waals surface area contributed by atoms with Crippen molar-refractivity contribution in [3.8, 4) is 0 Å². The normalized spacial score (nSPS) is 23.6. The van der Waals surface area contributed by atoms with Crippen LogP contribution >= 0.6 is 12.4 Å². The van der Waals surface area contributed by atoms with Gasteiger partial charge in [0.2, 0.25) is 0 Å². The number of nitrogens with two attached hydrogens (primary N) is 1. The summed E-state index contributed by atoms with van der Waals surface area (Å²) >= 11 is 0. The Morgan fingerprint density at radius 1 is 1.40 bits per heavy atom. The smallest absolute Gasteiger partial charge is 0.263 e. The summed E-state index contributed by atoms with van der Waals surface area (Å²) in [5.74, 6) is 0.706. The molecule has 2 rings (SSSR count). The standard InChI is InChI=1S/C15H22F2N2.ClH/c1-11-5-6-19(14(7-11)9-18)10-12-3-2-4-13(8-12)15(16)17;/h2-4,8,11,14-15H,5-7,9-10,18H2,1H3;1H. The lowest BCUT2D eigenvalue weighted by molar-refractivity contribution is 0.115. The molecule has 1 heterocycles. The summed E-state index contributed by atoms with van der Waals surface area (Å²) in [6, 6.07) is 7.08. The summed E-state index contributed by atoms with van der Waals surface area (Å²) in [7, 11) is 0. The van der Waals surface area contributed by atoms with E-state index in [1.54, 1.807) is 12.1 Å². The Hall–Kier alpha value is -0.710. The molecule has 2 nitrogen and oxygen atoms in total. The van der Waals surface area contributed by atoms with Crippen LogP contribution < -0.4 is 5.73 Å². The number of hydrogen-bond donors (Lipinski definition) is 1. The molecule has 20 heavy (non-hydrogen) atoms. The first-order valence-corrected chi connectivity index (χ1v) is 6.91. The maximum atomic E-state index is 12.7. The molecule has 0 bridgehead atoms. The van der Waals surface area contributed by atoms with E-state index in [1.807, 2.05) is 6.07 Å². The number of nitrogens with zero attached hydrogens (tertiary/aromatic N) is 1. The van der Waals surface area contributed by atoms with Gasteiger partial charge in [0.25, 0.3) is 6.43 Å². The van der Waals surface area contributed by atoms with Gasteiger partial charge in [0, 0.05) is 24.7 Å². The minimum atomic E-state index is -2.40. The molecule has 0 amide bonds. The SMILES string of the molecule is CC1CCN(Cc2cccc(C(F)F)c2)C(CN)C1.Cl. The van der Waals surface area contributed by atoms with Crippen LogP contribution in [0.15, 0.2) is 24.3 Å². The maximum Gasteiger partial charge on any atom is 0.263 e. The highest BCUT2D eigenvalue weighted by Gasteiger charge is 2.25. The van der Waals surface area contributed by atoms with Crippen LogP contribution in [-0.4, -0.2) is 24.0 Å². The molecule has 1 aliphatic rings. The second kappa shape index (κ2) is 7.91. The third kappa shape index (κ3) is 4.40. The number of rotatable bonds is 4. The minimum absolute atomic E-state index is 0. The summed E-state index contributed by atoms with van der Waals surface area (Å²) in [6.07, 6.45) is -0.137. The highest BCUT2D eigenvalue weighted by atomic mass is 35.5. The van der Waals surface area contributed by atoms with E-state index in [0.717, 1.165) is 31.5 Å². The van der Waals surface area contributed by atoms with Crippen molar-refractivity contribution in [1.82, 2.24) is 4.90 Å². The van der Waals surface area contributed by atoms with Crippen LogP contribution in [0, 0.1) is 5.92 Å². The van der Waals surface area contributed by atoms with Gasteiger partial charge in [0.15, 0.2) is 0 Å². The Bertz CT molecular complexity index is 415. The average Bonchev–Trinajstić information content (AvgIpc) is 2.41. The molecule has 1 aromatic carbocycles. The first-order valence-electron chi connectivity index (χ1n) is 6.91. The molecule has 0 aromatic heterocycles. The number of piperidine rings is 1.